The molecule has 0 aliphatic heterocycles. The second-order valence-corrected chi connectivity index (χ2v) is 6.11. The molecule has 0 amide bonds. The van der Waals surface area contributed by atoms with Crippen LogP contribution in [0.3, 0.4) is 0 Å². The standard InChI is InChI=1S/C17H24N4/c1-13-8-6-7-11-15(13)18-12-16-19-20-17(21(16)2)14-9-4-3-5-10-14/h3-5,9-10,13,15,18H,6-8,11-12H2,1-2H3/t13-,15-/m1/s1. The van der Waals surface area contributed by atoms with E-state index < -0.39 is 0 Å². The molecule has 1 aromatic heterocycles. The van der Waals surface area contributed by atoms with Gasteiger partial charge in [0, 0.05) is 18.7 Å². The van der Waals surface area contributed by atoms with Gasteiger partial charge < -0.3 is 9.88 Å². The third-order valence-electron chi connectivity index (χ3n) is 4.63. The van der Waals surface area contributed by atoms with Crippen LogP contribution in [0.25, 0.3) is 11.4 Å². The lowest BCUT2D eigenvalue weighted by Gasteiger charge is -2.29. The number of hydrogen-bond donors (Lipinski definition) is 1. The van der Waals surface area contributed by atoms with E-state index >= 15 is 0 Å². The highest BCUT2D eigenvalue weighted by Gasteiger charge is 2.21. The van der Waals surface area contributed by atoms with E-state index in [0.29, 0.717) is 6.04 Å². The van der Waals surface area contributed by atoms with Crippen molar-refractivity contribution in [3.63, 3.8) is 0 Å². The highest BCUT2D eigenvalue weighted by Crippen LogP contribution is 2.24. The van der Waals surface area contributed by atoms with E-state index in [1.165, 1.54) is 25.7 Å². The fraction of sp³-hybridized carbons (Fsp3) is 0.529. The van der Waals surface area contributed by atoms with Gasteiger partial charge in [-0.15, -0.1) is 10.2 Å². The predicted molar refractivity (Wildman–Crippen MR) is 84.7 cm³/mol. The van der Waals surface area contributed by atoms with Gasteiger partial charge in [0.2, 0.25) is 0 Å². The molecule has 2 aromatic rings. The van der Waals surface area contributed by atoms with E-state index in [1.807, 2.05) is 25.2 Å². The molecule has 112 valence electrons. The van der Waals surface area contributed by atoms with Crippen LogP contribution in [-0.2, 0) is 13.6 Å². The van der Waals surface area contributed by atoms with Crippen molar-refractivity contribution >= 4 is 0 Å². The Bertz CT molecular complexity index is 576. The molecule has 1 fully saturated rings. The molecule has 0 spiro atoms. The maximum absolute atomic E-state index is 4.35. The van der Waals surface area contributed by atoms with Gasteiger partial charge in [-0.2, -0.15) is 0 Å². The molecule has 1 saturated carbocycles. The maximum atomic E-state index is 4.35. The van der Waals surface area contributed by atoms with Gasteiger partial charge in [0.05, 0.1) is 6.54 Å². The second-order valence-electron chi connectivity index (χ2n) is 6.11. The Labute approximate surface area is 126 Å². The molecule has 1 aromatic carbocycles. The second kappa shape index (κ2) is 6.39. The Morgan fingerprint density at radius 1 is 1.14 bits per heavy atom. The molecule has 0 unspecified atom stereocenters. The Balaban J connectivity index is 1.68. The summed E-state index contributed by atoms with van der Waals surface area (Å²) in [5.41, 5.74) is 1.12. The number of nitrogens with one attached hydrogen (secondary N) is 1. The topological polar surface area (TPSA) is 42.7 Å². The third kappa shape index (κ3) is 3.16. The molecule has 1 heterocycles. The summed E-state index contributed by atoms with van der Waals surface area (Å²) >= 11 is 0. The van der Waals surface area contributed by atoms with Gasteiger partial charge in [0.15, 0.2) is 5.82 Å². The van der Waals surface area contributed by atoms with Crippen LogP contribution in [0.4, 0.5) is 0 Å². The summed E-state index contributed by atoms with van der Waals surface area (Å²) in [7, 11) is 2.05. The molecular formula is C17H24N4. The van der Waals surface area contributed by atoms with Gasteiger partial charge >= 0.3 is 0 Å². The van der Waals surface area contributed by atoms with Gasteiger partial charge in [-0.05, 0) is 18.8 Å². The van der Waals surface area contributed by atoms with E-state index in [-0.39, 0.29) is 0 Å². The monoisotopic (exact) mass is 284 g/mol. The molecular weight excluding hydrogens is 260 g/mol. The maximum Gasteiger partial charge on any atom is 0.163 e. The molecule has 1 N–H and O–H groups in total. The molecule has 0 radical (unpaired) electrons. The highest BCUT2D eigenvalue weighted by molar-refractivity contribution is 5.54. The quantitative estimate of drug-likeness (QED) is 0.938. The Hall–Kier alpha value is -1.68. The van der Waals surface area contributed by atoms with Crippen LogP contribution in [-0.4, -0.2) is 20.8 Å². The van der Waals surface area contributed by atoms with E-state index in [1.54, 1.807) is 0 Å². The van der Waals surface area contributed by atoms with Crippen LogP contribution >= 0.6 is 0 Å². The molecule has 21 heavy (non-hydrogen) atoms. The molecule has 3 rings (SSSR count). The average molecular weight is 284 g/mol. The number of hydrogen-bond acceptors (Lipinski definition) is 3. The molecule has 1 aliphatic rings. The molecule has 4 heteroatoms. The van der Waals surface area contributed by atoms with E-state index in [0.717, 1.165) is 29.7 Å². The normalized spacial score (nSPS) is 22.4. The highest BCUT2D eigenvalue weighted by atomic mass is 15.3. The van der Waals surface area contributed by atoms with Crippen LogP contribution in [0.1, 0.15) is 38.4 Å². The zero-order valence-electron chi connectivity index (χ0n) is 12.9. The van der Waals surface area contributed by atoms with Crippen molar-refractivity contribution in [1.82, 2.24) is 20.1 Å². The van der Waals surface area contributed by atoms with E-state index in [4.69, 9.17) is 0 Å². The summed E-state index contributed by atoms with van der Waals surface area (Å²) < 4.78 is 2.09. The minimum absolute atomic E-state index is 0.621. The minimum atomic E-state index is 0.621. The van der Waals surface area contributed by atoms with Gasteiger partial charge in [-0.3, -0.25) is 0 Å². The zero-order valence-corrected chi connectivity index (χ0v) is 12.9. The van der Waals surface area contributed by atoms with Crippen molar-refractivity contribution in [2.75, 3.05) is 0 Å². The van der Waals surface area contributed by atoms with Gasteiger partial charge in [0.25, 0.3) is 0 Å². The summed E-state index contributed by atoms with van der Waals surface area (Å²) in [6.07, 6.45) is 5.34. The van der Waals surface area contributed by atoms with Crippen molar-refractivity contribution in [2.24, 2.45) is 13.0 Å². The van der Waals surface area contributed by atoms with Gasteiger partial charge in [-0.1, -0.05) is 50.1 Å². The predicted octanol–water partition coefficient (Wildman–Crippen LogP) is 3.15. The summed E-state index contributed by atoms with van der Waals surface area (Å²) in [5, 5.41) is 12.4. The van der Waals surface area contributed by atoms with E-state index in [9.17, 15) is 0 Å². The first kappa shape index (κ1) is 14.3. The largest absolute Gasteiger partial charge is 0.313 e. The first-order valence-electron chi connectivity index (χ1n) is 7.93. The smallest absolute Gasteiger partial charge is 0.163 e. The third-order valence-corrected chi connectivity index (χ3v) is 4.63. The summed E-state index contributed by atoms with van der Waals surface area (Å²) in [6.45, 7) is 3.15. The van der Waals surface area contributed by atoms with Crippen molar-refractivity contribution in [3.05, 3.63) is 36.2 Å². The lowest BCUT2D eigenvalue weighted by molar-refractivity contribution is 0.277. The fourth-order valence-corrected chi connectivity index (χ4v) is 3.20. The summed E-state index contributed by atoms with van der Waals surface area (Å²) in [6, 6.07) is 10.9. The first-order valence-corrected chi connectivity index (χ1v) is 7.93. The van der Waals surface area contributed by atoms with Crippen LogP contribution in [0.15, 0.2) is 30.3 Å². The van der Waals surface area contributed by atoms with Crippen molar-refractivity contribution < 1.29 is 0 Å². The van der Waals surface area contributed by atoms with Crippen molar-refractivity contribution in [3.8, 4) is 11.4 Å². The Morgan fingerprint density at radius 2 is 1.90 bits per heavy atom. The van der Waals surface area contributed by atoms with Crippen LogP contribution in [0, 0.1) is 5.92 Å². The molecule has 1 aliphatic carbocycles. The van der Waals surface area contributed by atoms with Gasteiger partial charge in [0.1, 0.15) is 5.82 Å². The van der Waals surface area contributed by atoms with Crippen molar-refractivity contribution in [1.29, 1.82) is 0 Å². The fourth-order valence-electron chi connectivity index (χ4n) is 3.20. The SMILES string of the molecule is C[C@@H]1CCCC[C@H]1NCc1nnc(-c2ccccc2)n1C. The lowest BCUT2D eigenvalue weighted by atomic mass is 9.86. The molecule has 4 nitrogen and oxygen atoms in total. The molecule has 0 saturated heterocycles. The minimum Gasteiger partial charge on any atom is -0.313 e. The first-order chi connectivity index (χ1) is 10.3. The van der Waals surface area contributed by atoms with E-state index in [2.05, 4.69) is 39.1 Å². The number of benzene rings is 1. The van der Waals surface area contributed by atoms with Crippen LogP contribution < -0.4 is 5.32 Å². The van der Waals surface area contributed by atoms with Crippen LogP contribution in [0.2, 0.25) is 0 Å². The van der Waals surface area contributed by atoms with Crippen molar-refractivity contribution in [2.45, 2.75) is 45.2 Å². The zero-order chi connectivity index (χ0) is 14.7. The van der Waals surface area contributed by atoms with Gasteiger partial charge in [-0.25, -0.2) is 0 Å². The average Bonchev–Trinajstić information content (AvgIpc) is 2.88. The lowest BCUT2D eigenvalue weighted by Crippen LogP contribution is -2.37. The number of rotatable bonds is 4. The number of nitrogens with zero attached hydrogens (tertiary/aromatic N) is 3. The summed E-state index contributed by atoms with van der Waals surface area (Å²) in [4.78, 5) is 0. The molecule has 0 bridgehead atoms. The number of aromatic nitrogens is 3. The molecule has 2 atom stereocenters. The Morgan fingerprint density at radius 3 is 2.67 bits per heavy atom. The summed E-state index contributed by atoms with van der Waals surface area (Å²) in [5.74, 6) is 2.70. The Kier molecular flexibility index (Phi) is 4.34. The van der Waals surface area contributed by atoms with Crippen LogP contribution in [0.5, 0.6) is 0 Å².